The second-order valence-electron chi connectivity index (χ2n) is 10.1. The highest BCUT2D eigenvalue weighted by molar-refractivity contribution is 7.89. The second-order valence-corrected chi connectivity index (χ2v) is 11.7. The van der Waals surface area contributed by atoms with E-state index in [2.05, 4.69) is 15.7 Å². The number of imide groups is 1. The van der Waals surface area contributed by atoms with Gasteiger partial charge in [0.25, 0.3) is 5.91 Å². The Balaban J connectivity index is 0.000000186. The molecule has 6 rings (SSSR count). The average molecular weight is 634 g/mol. The smallest absolute Gasteiger partial charge is 0.316 e. The standard InChI is InChI=1S/C17H14F3N3O2S.C15H12N2O2/c1-11-2-4-12(5-3-11)15-10-16(17(18,19)20)22-23(15)13-6-8-14(9-7-13)26(21,24)25;18-13-15(17-14(19)16-13,11-7-3-1-4-8-11)12-9-5-2-6-10-12/h2-10H,1H3,(H2,21,24,25);1-10H,(H2,16,17,18,19). The van der Waals surface area contributed by atoms with Gasteiger partial charge in [-0.2, -0.15) is 18.3 Å². The van der Waals surface area contributed by atoms with Crippen LogP contribution < -0.4 is 15.8 Å². The first-order valence-corrected chi connectivity index (χ1v) is 15.0. The molecule has 1 fully saturated rings. The van der Waals surface area contributed by atoms with E-state index in [-0.39, 0.29) is 22.2 Å². The number of rotatable bonds is 5. The van der Waals surface area contributed by atoms with Crippen LogP contribution in [0.2, 0.25) is 0 Å². The Kier molecular flexibility index (Phi) is 8.32. The van der Waals surface area contributed by atoms with Crippen molar-refractivity contribution >= 4 is 22.0 Å². The highest BCUT2D eigenvalue weighted by Gasteiger charge is 2.49. The lowest BCUT2D eigenvalue weighted by Crippen LogP contribution is -2.44. The zero-order valence-corrected chi connectivity index (χ0v) is 24.4. The number of nitrogens with two attached hydrogens (primary N) is 1. The van der Waals surface area contributed by atoms with Crippen molar-refractivity contribution in [3.8, 4) is 16.9 Å². The van der Waals surface area contributed by atoms with Crippen molar-refractivity contribution in [1.82, 2.24) is 20.4 Å². The number of benzene rings is 4. The number of sulfonamides is 1. The molecule has 0 bridgehead atoms. The summed E-state index contributed by atoms with van der Waals surface area (Å²) in [7, 11) is -3.90. The summed E-state index contributed by atoms with van der Waals surface area (Å²) in [5.74, 6) is -0.352. The molecule has 45 heavy (non-hydrogen) atoms. The first kappa shape index (κ1) is 31.2. The van der Waals surface area contributed by atoms with Gasteiger partial charge < -0.3 is 5.32 Å². The number of halogens is 3. The van der Waals surface area contributed by atoms with Crippen LogP contribution in [0.4, 0.5) is 18.0 Å². The summed E-state index contributed by atoms with van der Waals surface area (Å²) >= 11 is 0. The van der Waals surface area contributed by atoms with Crippen molar-refractivity contribution in [1.29, 1.82) is 0 Å². The summed E-state index contributed by atoms with van der Waals surface area (Å²) in [6.07, 6.45) is -4.61. The molecule has 5 aromatic rings. The normalized spacial score (nSPS) is 14.2. The van der Waals surface area contributed by atoms with E-state index in [1.807, 2.05) is 67.6 Å². The van der Waals surface area contributed by atoms with Crippen molar-refractivity contribution in [2.45, 2.75) is 23.5 Å². The van der Waals surface area contributed by atoms with E-state index >= 15 is 0 Å². The molecule has 0 radical (unpaired) electrons. The van der Waals surface area contributed by atoms with E-state index in [0.717, 1.165) is 27.4 Å². The molecule has 0 unspecified atom stereocenters. The minimum Gasteiger partial charge on any atom is -0.316 e. The molecule has 0 atom stereocenters. The Bertz CT molecular complexity index is 1910. The number of aromatic nitrogens is 2. The molecule has 9 nitrogen and oxygen atoms in total. The number of nitrogens with one attached hydrogen (secondary N) is 2. The molecule has 0 spiro atoms. The number of hydrogen-bond acceptors (Lipinski definition) is 5. The molecular formula is C32H26F3N5O4S. The van der Waals surface area contributed by atoms with Gasteiger partial charge in [-0.1, -0.05) is 90.5 Å². The first-order valence-electron chi connectivity index (χ1n) is 13.4. The summed E-state index contributed by atoms with van der Waals surface area (Å²) in [5, 5.41) is 13.8. The van der Waals surface area contributed by atoms with E-state index in [1.54, 1.807) is 24.3 Å². The number of primary sulfonamides is 1. The fourth-order valence-corrected chi connectivity index (χ4v) is 5.34. The molecule has 4 N–H and O–H groups in total. The number of carbonyl (C=O) groups excluding carboxylic acids is 2. The lowest BCUT2D eigenvalue weighted by atomic mass is 9.83. The molecule has 2 heterocycles. The van der Waals surface area contributed by atoms with Crippen molar-refractivity contribution in [3.63, 3.8) is 0 Å². The van der Waals surface area contributed by atoms with Gasteiger partial charge in [-0.3, -0.25) is 10.1 Å². The van der Waals surface area contributed by atoms with Gasteiger partial charge in [-0.25, -0.2) is 23.0 Å². The summed E-state index contributed by atoms with van der Waals surface area (Å²) < 4.78 is 63.2. The SMILES string of the molecule is Cc1ccc(-c2cc(C(F)(F)F)nn2-c2ccc(S(N)(=O)=O)cc2)cc1.O=C1NC(=O)C(c2ccccc2)(c2ccccc2)N1. The van der Waals surface area contributed by atoms with E-state index in [0.29, 0.717) is 5.56 Å². The van der Waals surface area contributed by atoms with Crippen LogP contribution in [0, 0.1) is 6.92 Å². The highest BCUT2D eigenvalue weighted by Crippen LogP contribution is 2.34. The fourth-order valence-electron chi connectivity index (χ4n) is 4.83. The van der Waals surface area contributed by atoms with Gasteiger partial charge in [-0.05, 0) is 48.4 Å². The zero-order chi connectivity index (χ0) is 32.4. The number of urea groups is 1. The molecular weight excluding hydrogens is 607 g/mol. The molecule has 0 aliphatic carbocycles. The number of alkyl halides is 3. The van der Waals surface area contributed by atoms with Crippen molar-refractivity contribution < 1.29 is 31.2 Å². The number of amides is 3. The predicted molar refractivity (Wildman–Crippen MR) is 160 cm³/mol. The van der Waals surface area contributed by atoms with Crippen LogP contribution in [-0.4, -0.2) is 30.1 Å². The Morgan fingerprint density at radius 3 is 1.78 bits per heavy atom. The molecule has 1 aromatic heterocycles. The van der Waals surface area contributed by atoms with Crippen LogP contribution >= 0.6 is 0 Å². The van der Waals surface area contributed by atoms with Gasteiger partial charge in [-0.15, -0.1) is 0 Å². The van der Waals surface area contributed by atoms with Crippen LogP contribution in [-0.2, 0) is 26.5 Å². The highest BCUT2D eigenvalue weighted by atomic mass is 32.2. The average Bonchev–Trinajstić information content (AvgIpc) is 3.60. The van der Waals surface area contributed by atoms with E-state index in [4.69, 9.17) is 5.14 Å². The number of hydrogen-bond donors (Lipinski definition) is 3. The Labute approximate surface area is 256 Å². The Morgan fingerprint density at radius 2 is 1.33 bits per heavy atom. The van der Waals surface area contributed by atoms with Crippen molar-refractivity contribution in [3.05, 3.63) is 138 Å². The molecule has 1 aliphatic rings. The number of nitrogens with zero attached hydrogens (tertiary/aromatic N) is 2. The zero-order valence-electron chi connectivity index (χ0n) is 23.6. The van der Waals surface area contributed by atoms with Crippen LogP contribution in [0.5, 0.6) is 0 Å². The fraction of sp³-hybridized carbons (Fsp3) is 0.0938. The third-order valence-corrected chi connectivity index (χ3v) is 7.97. The summed E-state index contributed by atoms with van der Waals surface area (Å²) in [6, 6.07) is 31.0. The lowest BCUT2D eigenvalue weighted by molar-refractivity contribution is -0.141. The molecule has 0 saturated carbocycles. The Morgan fingerprint density at radius 1 is 0.800 bits per heavy atom. The molecule has 3 amide bonds. The van der Waals surface area contributed by atoms with E-state index < -0.39 is 33.5 Å². The third kappa shape index (κ3) is 6.49. The minimum atomic E-state index is -4.61. The monoisotopic (exact) mass is 633 g/mol. The topological polar surface area (TPSA) is 136 Å². The van der Waals surface area contributed by atoms with Crippen LogP contribution in [0.25, 0.3) is 16.9 Å². The van der Waals surface area contributed by atoms with Crippen LogP contribution in [0.15, 0.2) is 120 Å². The van der Waals surface area contributed by atoms with Gasteiger partial charge in [0.1, 0.15) is 0 Å². The first-order chi connectivity index (χ1) is 21.3. The van der Waals surface area contributed by atoms with Gasteiger partial charge in [0.05, 0.1) is 16.3 Å². The van der Waals surface area contributed by atoms with E-state index in [1.165, 1.54) is 24.3 Å². The predicted octanol–water partition coefficient (Wildman–Crippen LogP) is 5.28. The summed E-state index contributed by atoms with van der Waals surface area (Å²) in [6.45, 7) is 1.87. The molecule has 230 valence electrons. The molecule has 4 aromatic carbocycles. The lowest BCUT2D eigenvalue weighted by Gasteiger charge is -2.27. The van der Waals surface area contributed by atoms with E-state index in [9.17, 15) is 31.2 Å². The van der Waals surface area contributed by atoms with Gasteiger partial charge >= 0.3 is 12.2 Å². The van der Waals surface area contributed by atoms with Crippen LogP contribution in [0.3, 0.4) is 0 Å². The van der Waals surface area contributed by atoms with Crippen molar-refractivity contribution in [2.75, 3.05) is 0 Å². The molecule has 1 aliphatic heterocycles. The van der Waals surface area contributed by atoms with Gasteiger partial charge in [0.15, 0.2) is 11.2 Å². The van der Waals surface area contributed by atoms with Crippen LogP contribution in [0.1, 0.15) is 22.4 Å². The second kappa shape index (κ2) is 12.0. The number of aryl methyl sites for hydroxylation is 1. The number of carbonyl (C=O) groups is 2. The van der Waals surface area contributed by atoms with Crippen molar-refractivity contribution in [2.24, 2.45) is 5.14 Å². The summed E-state index contributed by atoms with van der Waals surface area (Å²) in [4.78, 5) is 23.7. The quantitative estimate of drug-likeness (QED) is 0.226. The molecule has 1 saturated heterocycles. The van der Waals surface area contributed by atoms with Gasteiger partial charge in [0.2, 0.25) is 10.0 Å². The maximum Gasteiger partial charge on any atom is 0.435 e. The summed E-state index contributed by atoms with van der Waals surface area (Å²) in [5.41, 5.74) is 1.34. The molecule has 13 heteroatoms. The third-order valence-electron chi connectivity index (χ3n) is 7.04. The van der Waals surface area contributed by atoms with Gasteiger partial charge in [0, 0.05) is 5.56 Å². The Hall–Kier alpha value is -5.27. The maximum atomic E-state index is 13.1. The maximum absolute atomic E-state index is 13.1. The minimum absolute atomic E-state index is 0.138. The largest absolute Gasteiger partial charge is 0.435 e.